The number of rotatable bonds is 4. The summed E-state index contributed by atoms with van der Waals surface area (Å²) in [5.41, 5.74) is 2.17. The topological polar surface area (TPSA) is 32.3 Å². The standard InChI is InChI=1S/C16H24N2O/c1-17-12-16(19)15-6-3-5-14(11-15)13-7-4-9-18(2)10-8-13/h3,5-6,11,13,17H,4,7-10,12H2,1-2H3. The van der Waals surface area contributed by atoms with Crippen molar-refractivity contribution in [2.75, 3.05) is 33.7 Å². The summed E-state index contributed by atoms with van der Waals surface area (Å²) < 4.78 is 0. The molecule has 0 aliphatic carbocycles. The van der Waals surface area contributed by atoms with Crippen molar-refractivity contribution in [1.29, 1.82) is 0 Å². The molecule has 0 saturated carbocycles. The third-order valence-corrected chi connectivity index (χ3v) is 3.97. The van der Waals surface area contributed by atoms with E-state index in [1.807, 2.05) is 19.2 Å². The Hall–Kier alpha value is -1.19. The number of likely N-dealkylation sites (N-methyl/N-ethyl adjacent to an activating group) is 1. The van der Waals surface area contributed by atoms with Crippen LogP contribution in [-0.2, 0) is 0 Å². The lowest BCUT2D eigenvalue weighted by atomic mass is 9.90. The molecule has 1 aliphatic rings. The maximum Gasteiger partial charge on any atom is 0.176 e. The number of benzene rings is 1. The number of likely N-dealkylation sites (tertiary alicyclic amines) is 1. The third kappa shape index (κ3) is 3.88. The van der Waals surface area contributed by atoms with E-state index in [1.54, 1.807) is 0 Å². The molecule has 0 spiro atoms. The van der Waals surface area contributed by atoms with Crippen LogP contribution in [0.4, 0.5) is 0 Å². The molecular formula is C16H24N2O. The van der Waals surface area contributed by atoms with Gasteiger partial charge in [0.25, 0.3) is 0 Å². The lowest BCUT2D eigenvalue weighted by Crippen LogP contribution is -2.19. The Kier molecular flexibility index (Phi) is 5.11. The SMILES string of the molecule is CNCC(=O)c1cccc(C2CCCN(C)CC2)c1. The number of ketones is 1. The first kappa shape index (κ1) is 14.2. The molecule has 0 radical (unpaired) electrons. The lowest BCUT2D eigenvalue weighted by molar-refractivity contribution is 0.0993. The van der Waals surface area contributed by atoms with Crippen molar-refractivity contribution in [2.24, 2.45) is 0 Å². The Labute approximate surface area is 116 Å². The average molecular weight is 260 g/mol. The fourth-order valence-corrected chi connectivity index (χ4v) is 2.80. The minimum Gasteiger partial charge on any atom is -0.313 e. The van der Waals surface area contributed by atoms with Crippen LogP contribution in [0, 0.1) is 0 Å². The quantitative estimate of drug-likeness (QED) is 0.843. The third-order valence-electron chi connectivity index (χ3n) is 3.97. The second-order valence-electron chi connectivity index (χ2n) is 5.51. The van der Waals surface area contributed by atoms with E-state index in [1.165, 1.54) is 31.4 Å². The number of nitrogens with one attached hydrogen (secondary N) is 1. The molecular weight excluding hydrogens is 236 g/mol. The van der Waals surface area contributed by atoms with Gasteiger partial charge in [0.1, 0.15) is 0 Å². The maximum atomic E-state index is 11.9. The largest absolute Gasteiger partial charge is 0.313 e. The first-order valence-corrected chi connectivity index (χ1v) is 7.17. The molecule has 2 rings (SSSR count). The fraction of sp³-hybridized carbons (Fsp3) is 0.562. The van der Waals surface area contributed by atoms with Gasteiger partial charge >= 0.3 is 0 Å². The Balaban J connectivity index is 2.11. The first-order chi connectivity index (χ1) is 9.20. The predicted molar refractivity (Wildman–Crippen MR) is 78.8 cm³/mol. The molecule has 3 nitrogen and oxygen atoms in total. The second-order valence-corrected chi connectivity index (χ2v) is 5.51. The van der Waals surface area contributed by atoms with Crippen LogP contribution < -0.4 is 5.32 Å². The summed E-state index contributed by atoms with van der Waals surface area (Å²) in [4.78, 5) is 14.3. The van der Waals surface area contributed by atoms with Crippen molar-refractivity contribution in [3.05, 3.63) is 35.4 Å². The van der Waals surface area contributed by atoms with Gasteiger partial charge in [0.05, 0.1) is 6.54 Å². The van der Waals surface area contributed by atoms with Crippen LogP contribution in [0.25, 0.3) is 0 Å². The minimum absolute atomic E-state index is 0.176. The molecule has 1 aliphatic heterocycles. The summed E-state index contributed by atoms with van der Waals surface area (Å²) in [5.74, 6) is 0.780. The molecule has 1 heterocycles. The van der Waals surface area contributed by atoms with Gasteiger partial charge in [0.15, 0.2) is 5.78 Å². The molecule has 1 N–H and O–H groups in total. The molecule has 1 aromatic rings. The molecule has 1 aromatic carbocycles. The molecule has 0 aromatic heterocycles. The second kappa shape index (κ2) is 6.83. The Morgan fingerprint density at radius 2 is 2.21 bits per heavy atom. The highest BCUT2D eigenvalue weighted by atomic mass is 16.1. The molecule has 1 saturated heterocycles. The Morgan fingerprint density at radius 1 is 1.37 bits per heavy atom. The van der Waals surface area contributed by atoms with Crippen LogP contribution in [0.3, 0.4) is 0 Å². The fourth-order valence-electron chi connectivity index (χ4n) is 2.80. The van der Waals surface area contributed by atoms with Crippen molar-refractivity contribution < 1.29 is 4.79 Å². The molecule has 0 bridgehead atoms. The number of carbonyl (C=O) groups excluding carboxylic acids is 1. The van der Waals surface area contributed by atoms with Gasteiger partial charge in [-0.15, -0.1) is 0 Å². The number of carbonyl (C=O) groups is 1. The summed E-state index contributed by atoms with van der Waals surface area (Å²) in [6, 6.07) is 8.21. The summed E-state index contributed by atoms with van der Waals surface area (Å²) in [7, 11) is 4.00. The predicted octanol–water partition coefficient (Wildman–Crippen LogP) is 2.29. The van der Waals surface area contributed by atoms with Gasteiger partial charge in [-0.05, 0) is 64.0 Å². The van der Waals surface area contributed by atoms with Crippen molar-refractivity contribution in [1.82, 2.24) is 10.2 Å². The van der Waals surface area contributed by atoms with Crippen LogP contribution >= 0.6 is 0 Å². The van der Waals surface area contributed by atoms with Gasteiger partial charge in [-0.1, -0.05) is 18.2 Å². The van der Waals surface area contributed by atoms with Crippen molar-refractivity contribution in [3.8, 4) is 0 Å². The number of Topliss-reactive ketones (excluding diaryl/α,β-unsaturated/α-hetero) is 1. The number of hydrogen-bond donors (Lipinski definition) is 1. The van der Waals surface area contributed by atoms with E-state index in [-0.39, 0.29) is 5.78 Å². The summed E-state index contributed by atoms with van der Waals surface area (Å²) in [6.45, 7) is 2.76. The highest BCUT2D eigenvalue weighted by Crippen LogP contribution is 2.28. The van der Waals surface area contributed by atoms with Crippen molar-refractivity contribution in [2.45, 2.75) is 25.2 Å². The summed E-state index contributed by atoms with van der Waals surface area (Å²) in [6.07, 6.45) is 3.67. The van der Waals surface area contributed by atoms with E-state index in [0.29, 0.717) is 12.5 Å². The van der Waals surface area contributed by atoms with E-state index < -0.39 is 0 Å². The van der Waals surface area contributed by atoms with Crippen LogP contribution in [-0.4, -0.2) is 44.4 Å². The molecule has 0 amide bonds. The monoisotopic (exact) mass is 260 g/mol. The van der Waals surface area contributed by atoms with Gasteiger partial charge < -0.3 is 10.2 Å². The van der Waals surface area contributed by atoms with Gasteiger partial charge in [-0.25, -0.2) is 0 Å². The van der Waals surface area contributed by atoms with E-state index in [4.69, 9.17) is 0 Å². The summed E-state index contributed by atoms with van der Waals surface area (Å²) in [5, 5.41) is 2.92. The Morgan fingerprint density at radius 3 is 3.00 bits per heavy atom. The van der Waals surface area contributed by atoms with Gasteiger partial charge in [0, 0.05) is 5.56 Å². The number of nitrogens with zero attached hydrogens (tertiary/aromatic N) is 1. The zero-order valence-corrected chi connectivity index (χ0v) is 12.0. The van der Waals surface area contributed by atoms with Crippen molar-refractivity contribution >= 4 is 5.78 Å². The van der Waals surface area contributed by atoms with E-state index in [9.17, 15) is 4.79 Å². The normalized spacial score (nSPS) is 21.1. The highest BCUT2D eigenvalue weighted by Gasteiger charge is 2.17. The lowest BCUT2D eigenvalue weighted by Gasteiger charge is -2.16. The van der Waals surface area contributed by atoms with Crippen molar-refractivity contribution in [3.63, 3.8) is 0 Å². The van der Waals surface area contributed by atoms with Crippen LogP contribution in [0.15, 0.2) is 24.3 Å². The Bertz CT molecular complexity index is 431. The van der Waals surface area contributed by atoms with E-state index in [2.05, 4.69) is 29.4 Å². The molecule has 19 heavy (non-hydrogen) atoms. The van der Waals surface area contributed by atoms with Crippen LogP contribution in [0.2, 0.25) is 0 Å². The highest BCUT2D eigenvalue weighted by molar-refractivity contribution is 5.97. The van der Waals surface area contributed by atoms with Gasteiger partial charge in [-0.2, -0.15) is 0 Å². The molecule has 3 heteroatoms. The minimum atomic E-state index is 0.176. The maximum absolute atomic E-state index is 11.9. The molecule has 1 atom stereocenters. The number of hydrogen-bond acceptors (Lipinski definition) is 3. The molecule has 104 valence electrons. The molecule has 1 unspecified atom stereocenters. The summed E-state index contributed by atoms with van der Waals surface area (Å²) >= 11 is 0. The van der Waals surface area contributed by atoms with Gasteiger partial charge in [-0.3, -0.25) is 4.79 Å². The van der Waals surface area contributed by atoms with E-state index >= 15 is 0 Å². The zero-order chi connectivity index (χ0) is 13.7. The average Bonchev–Trinajstić information content (AvgIpc) is 2.64. The zero-order valence-electron chi connectivity index (χ0n) is 12.0. The van der Waals surface area contributed by atoms with Crippen LogP contribution in [0.1, 0.15) is 41.1 Å². The smallest absolute Gasteiger partial charge is 0.176 e. The van der Waals surface area contributed by atoms with Crippen LogP contribution in [0.5, 0.6) is 0 Å². The molecule has 1 fully saturated rings. The van der Waals surface area contributed by atoms with Gasteiger partial charge in [0.2, 0.25) is 0 Å². The van der Waals surface area contributed by atoms with E-state index in [0.717, 1.165) is 12.1 Å². The first-order valence-electron chi connectivity index (χ1n) is 7.17.